The molecule has 4 N–H and O–H groups in total. The quantitative estimate of drug-likeness (QED) is 0.459. The number of carbonyl (C=O) groups excluding carboxylic acids is 4. The normalized spacial score (nSPS) is 18.2. The van der Waals surface area contributed by atoms with Crippen LogP contribution in [-0.4, -0.2) is 45.8 Å². The molecule has 10 nitrogen and oxygen atoms in total. The van der Waals surface area contributed by atoms with Crippen LogP contribution in [-0.2, 0) is 27.5 Å². The van der Waals surface area contributed by atoms with Crippen LogP contribution in [0.5, 0.6) is 0 Å². The summed E-state index contributed by atoms with van der Waals surface area (Å²) in [4.78, 5) is 61.8. The second-order valence-electron chi connectivity index (χ2n) is 8.04. The van der Waals surface area contributed by atoms with Crippen molar-refractivity contribution < 1.29 is 29.1 Å². The van der Waals surface area contributed by atoms with E-state index in [-0.39, 0.29) is 37.7 Å². The lowest BCUT2D eigenvalue weighted by Crippen LogP contribution is -2.52. The highest BCUT2D eigenvalue weighted by Crippen LogP contribution is 2.28. The van der Waals surface area contributed by atoms with E-state index in [0.717, 1.165) is 0 Å². The highest BCUT2D eigenvalue weighted by molar-refractivity contribution is 6.30. The number of hydrogen-bond donors (Lipinski definition) is 4. The third kappa shape index (κ3) is 4.86. The number of halogens is 1. The summed E-state index contributed by atoms with van der Waals surface area (Å²) < 4.78 is 0. The van der Waals surface area contributed by atoms with Gasteiger partial charge >= 0.3 is 6.09 Å². The molecule has 0 spiro atoms. The molecule has 2 unspecified atom stereocenters. The molecule has 0 aromatic heterocycles. The molecule has 2 aliphatic rings. The standard InChI is InChI=1S/C23H21ClN4O6/c24-15-4-2-13(3-5-15)19(27-23(33)34)21(31)25-10-12-1-6-16-14(9-12)11-28(22(16)32)17-7-8-18(29)26-20(17)30/h1-6,9,17,19,27H,7-8,10-11H2,(H,25,31)(H,33,34)(H,26,29,30). The van der Waals surface area contributed by atoms with E-state index >= 15 is 0 Å². The zero-order valence-corrected chi connectivity index (χ0v) is 18.6. The Labute approximate surface area is 199 Å². The van der Waals surface area contributed by atoms with Crippen LogP contribution in [0, 0.1) is 0 Å². The van der Waals surface area contributed by atoms with Gasteiger partial charge in [0.05, 0.1) is 0 Å². The molecular formula is C23H21ClN4O6. The maximum absolute atomic E-state index is 12.8. The molecule has 2 heterocycles. The van der Waals surface area contributed by atoms with Crippen LogP contribution in [0.25, 0.3) is 0 Å². The first-order valence-corrected chi connectivity index (χ1v) is 10.9. The number of nitrogens with one attached hydrogen (secondary N) is 3. The number of nitrogens with zero attached hydrogens (tertiary/aromatic N) is 1. The number of imide groups is 1. The Kier molecular flexibility index (Phi) is 6.51. The lowest BCUT2D eigenvalue weighted by molar-refractivity contribution is -0.137. The Hall–Kier alpha value is -3.92. The van der Waals surface area contributed by atoms with Crippen LogP contribution in [0.2, 0.25) is 5.02 Å². The SMILES string of the molecule is O=C(O)NC(C(=O)NCc1ccc2c(c1)CN(C1CCC(=O)NC1=O)C2=O)c1ccc(Cl)cc1. The van der Waals surface area contributed by atoms with Crippen LogP contribution >= 0.6 is 11.6 Å². The summed E-state index contributed by atoms with van der Waals surface area (Å²) >= 11 is 5.87. The third-order valence-corrected chi connectivity index (χ3v) is 6.04. The van der Waals surface area contributed by atoms with Crippen LogP contribution < -0.4 is 16.0 Å². The number of carbonyl (C=O) groups is 5. The Bertz CT molecular complexity index is 1180. The molecule has 11 heteroatoms. The van der Waals surface area contributed by atoms with Gasteiger partial charge in [-0.2, -0.15) is 0 Å². The van der Waals surface area contributed by atoms with Crippen molar-refractivity contribution in [2.24, 2.45) is 0 Å². The molecule has 0 radical (unpaired) electrons. The first kappa shape index (κ1) is 23.2. The van der Waals surface area contributed by atoms with Gasteiger partial charge in [-0.1, -0.05) is 35.9 Å². The summed E-state index contributed by atoms with van der Waals surface area (Å²) in [5.74, 6) is -1.66. The van der Waals surface area contributed by atoms with E-state index in [1.54, 1.807) is 42.5 Å². The fourth-order valence-corrected chi connectivity index (χ4v) is 4.23. The van der Waals surface area contributed by atoms with E-state index in [1.165, 1.54) is 4.90 Å². The van der Waals surface area contributed by atoms with Gasteiger partial charge in [0.2, 0.25) is 17.7 Å². The Morgan fingerprint density at radius 3 is 2.56 bits per heavy atom. The first-order valence-electron chi connectivity index (χ1n) is 10.5. The number of piperidine rings is 1. The molecular weight excluding hydrogens is 464 g/mol. The van der Waals surface area contributed by atoms with Gasteiger partial charge < -0.3 is 20.6 Å². The van der Waals surface area contributed by atoms with Crippen molar-refractivity contribution in [2.75, 3.05) is 0 Å². The van der Waals surface area contributed by atoms with E-state index in [2.05, 4.69) is 16.0 Å². The molecule has 2 atom stereocenters. The monoisotopic (exact) mass is 484 g/mol. The number of hydrogen-bond acceptors (Lipinski definition) is 5. The van der Waals surface area contributed by atoms with Gasteiger partial charge in [-0.15, -0.1) is 0 Å². The number of benzene rings is 2. The minimum atomic E-state index is -1.35. The smallest absolute Gasteiger partial charge is 0.405 e. The topological polar surface area (TPSA) is 145 Å². The summed E-state index contributed by atoms with van der Waals surface area (Å²) in [5, 5.41) is 16.8. The summed E-state index contributed by atoms with van der Waals surface area (Å²) in [5.41, 5.74) is 2.31. The van der Waals surface area contributed by atoms with E-state index < -0.39 is 30.0 Å². The Morgan fingerprint density at radius 2 is 1.88 bits per heavy atom. The molecule has 2 aromatic carbocycles. The van der Waals surface area contributed by atoms with Crippen molar-refractivity contribution in [1.82, 2.24) is 20.9 Å². The Morgan fingerprint density at radius 1 is 1.15 bits per heavy atom. The van der Waals surface area contributed by atoms with E-state index in [9.17, 15) is 24.0 Å². The van der Waals surface area contributed by atoms with E-state index in [1.807, 2.05) is 0 Å². The first-order chi connectivity index (χ1) is 16.2. The van der Waals surface area contributed by atoms with Crippen LogP contribution in [0.15, 0.2) is 42.5 Å². The van der Waals surface area contributed by atoms with Crippen molar-refractivity contribution in [1.29, 1.82) is 0 Å². The fourth-order valence-electron chi connectivity index (χ4n) is 4.11. The summed E-state index contributed by atoms with van der Waals surface area (Å²) in [6.07, 6.45) is -0.900. The van der Waals surface area contributed by atoms with Gasteiger partial charge in [0, 0.05) is 30.1 Å². The molecule has 176 valence electrons. The molecule has 4 rings (SSSR count). The van der Waals surface area contributed by atoms with Gasteiger partial charge in [-0.3, -0.25) is 24.5 Å². The molecule has 34 heavy (non-hydrogen) atoms. The van der Waals surface area contributed by atoms with Gasteiger partial charge in [0.1, 0.15) is 12.1 Å². The zero-order chi connectivity index (χ0) is 24.4. The molecule has 0 bridgehead atoms. The lowest BCUT2D eigenvalue weighted by atomic mass is 10.0. The largest absolute Gasteiger partial charge is 0.465 e. The highest BCUT2D eigenvalue weighted by atomic mass is 35.5. The van der Waals surface area contributed by atoms with Crippen LogP contribution in [0.3, 0.4) is 0 Å². The van der Waals surface area contributed by atoms with Crippen LogP contribution in [0.1, 0.15) is 45.9 Å². The van der Waals surface area contributed by atoms with Gasteiger partial charge in [-0.05, 0) is 41.3 Å². The second kappa shape index (κ2) is 9.52. The number of rotatable bonds is 6. The van der Waals surface area contributed by atoms with Gasteiger partial charge in [0.15, 0.2) is 0 Å². The van der Waals surface area contributed by atoms with E-state index in [0.29, 0.717) is 27.3 Å². The van der Waals surface area contributed by atoms with Crippen molar-refractivity contribution in [3.8, 4) is 0 Å². The van der Waals surface area contributed by atoms with Crippen LogP contribution in [0.4, 0.5) is 4.79 Å². The minimum Gasteiger partial charge on any atom is -0.465 e. The maximum atomic E-state index is 12.8. The zero-order valence-electron chi connectivity index (χ0n) is 17.8. The predicted molar refractivity (Wildman–Crippen MR) is 120 cm³/mol. The Balaban J connectivity index is 1.44. The minimum absolute atomic E-state index is 0.101. The molecule has 1 saturated heterocycles. The molecule has 2 aliphatic heterocycles. The van der Waals surface area contributed by atoms with Crippen molar-refractivity contribution in [2.45, 2.75) is 38.0 Å². The molecule has 0 aliphatic carbocycles. The summed E-state index contributed by atoms with van der Waals surface area (Å²) in [6.45, 7) is 0.320. The molecule has 1 fully saturated rings. The van der Waals surface area contributed by atoms with Crippen molar-refractivity contribution >= 4 is 41.3 Å². The number of carboxylic acid groups (broad SMARTS) is 1. The molecule has 0 saturated carbocycles. The summed E-state index contributed by atoms with van der Waals surface area (Å²) in [7, 11) is 0. The average molecular weight is 485 g/mol. The number of amides is 5. The lowest BCUT2D eigenvalue weighted by Gasteiger charge is -2.29. The van der Waals surface area contributed by atoms with Gasteiger partial charge in [0.25, 0.3) is 5.91 Å². The molecule has 2 aromatic rings. The van der Waals surface area contributed by atoms with Crippen molar-refractivity contribution in [3.05, 3.63) is 69.7 Å². The van der Waals surface area contributed by atoms with E-state index in [4.69, 9.17) is 16.7 Å². The number of fused-ring (bicyclic) bond motifs is 1. The van der Waals surface area contributed by atoms with Gasteiger partial charge in [-0.25, -0.2) is 4.79 Å². The second-order valence-corrected chi connectivity index (χ2v) is 8.48. The average Bonchev–Trinajstić information content (AvgIpc) is 3.12. The maximum Gasteiger partial charge on any atom is 0.405 e. The molecule has 5 amide bonds. The summed E-state index contributed by atoms with van der Waals surface area (Å²) in [6, 6.07) is 9.50. The predicted octanol–water partition coefficient (Wildman–Crippen LogP) is 1.73. The third-order valence-electron chi connectivity index (χ3n) is 5.79. The fraction of sp³-hybridized carbons (Fsp3) is 0.261. The van der Waals surface area contributed by atoms with Crippen molar-refractivity contribution in [3.63, 3.8) is 0 Å². The highest BCUT2D eigenvalue weighted by Gasteiger charge is 2.39.